The Labute approximate surface area is 151 Å². The lowest BCUT2D eigenvalue weighted by molar-refractivity contribution is -0.384. The van der Waals surface area contributed by atoms with Gasteiger partial charge >= 0.3 is 0 Å². The molecule has 0 aliphatic carbocycles. The van der Waals surface area contributed by atoms with E-state index in [0.29, 0.717) is 5.16 Å². The quantitative estimate of drug-likeness (QED) is 0.401. The largest absolute Gasteiger partial charge is 0.295 e. The molecule has 0 aliphatic rings. The van der Waals surface area contributed by atoms with Gasteiger partial charge in [-0.15, -0.1) is 0 Å². The van der Waals surface area contributed by atoms with Gasteiger partial charge in [0.2, 0.25) is 5.91 Å². The van der Waals surface area contributed by atoms with Crippen molar-refractivity contribution in [2.45, 2.75) is 5.16 Å². The van der Waals surface area contributed by atoms with Crippen LogP contribution in [-0.2, 0) is 4.79 Å². The summed E-state index contributed by atoms with van der Waals surface area (Å²) in [4.78, 5) is 38.1. The second-order valence-corrected chi connectivity index (χ2v) is 6.07. The minimum Gasteiger partial charge on any atom is -0.295 e. The number of imidazole rings is 1. The number of aromatic nitrogens is 2. The molecule has 0 fully saturated rings. The Kier molecular flexibility index (Phi) is 5.13. The Morgan fingerprint density at radius 3 is 2.65 bits per heavy atom. The van der Waals surface area contributed by atoms with E-state index in [-0.39, 0.29) is 17.0 Å². The first-order valence-corrected chi connectivity index (χ1v) is 8.41. The van der Waals surface area contributed by atoms with E-state index in [4.69, 9.17) is 0 Å². The van der Waals surface area contributed by atoms with E-state index in [1.54, 1.807) is 6.20 Å². The molecule has 2 aromatic heterocycles. The highest BCUT2D eigenvalue weighted by atomic mass is 32.2. The molecule has 2 heterocycles. The van der Waals surface area contributed by atoms with Crippen LogP contribution >= 0.6 is 11.8 Å². The van der Waals surface area contributed by atoms with E-state index in [0.717, 1.165) is 5.52 Å². The fourth-order valence-corrected chi connectivity index (χ4v) is 2.89. The zero-order valence-corrected chi connectivity index (χ0v) is 14.1. The molecule has 10 heteroatoms. The summed E-state index contributed by atoms with van der Waals surface area (Å²) in [7, 11) is 0. The third-order valence-electron chi connectivity index (χ3n) is 3.39. The first kappa shape index (κ1) is 17.4. The molecule has 2 N–H and O–H groups in total. The van der Waals surface area contributed by atoms with Crippen molar-refractivity contribution in [1.29, 1.82) is 0 Å². The fraction of sp³-hybridized carbons (Fsp3) is 0.0625. The van der Waals surface area contributed by atoms with Crippen LogP contribution in [0.25, 0.3) is 5.52 Å². The van der Waals surface area contributed by atoms with Crippen LogP contribution in [0.3, 0.4) is 0 Å². The number of hydrogen-bond donors (Lipinski definition) is 2. The van der Waals surface area contributed by atoms with Crippen LogP contribution in [0.1, 0.15) is 10.4 Å². The molecule has 0 bridgehead atoms. The van der Waals surface area contributed by atoms with E-state index in [1.165, 1.54) is 36.0 Å². The van der Waals surface area contributed by atoms with Gasteiger partial charge in [-0.3, -0.25) is 35.0 Å². The third-order valence-corrected chi connectivity index (χ3v) is 4.36. The van der Waals surface area contributed by atoms with E-state index in [1.807, 2.05) is 28.8 Å². The normalized spacial score (nSPS) is 10.5. The Morgan fingerprint density at radius 2 is 1.92 bits per heavy atom. The summed E-state index contributed by atoms with van der Waals surface area (Å²) in [5.41, 5.74) is 5.56. The topological polar surface area (TPSA) is 119 Å². The van der Waals surface area contributed by atoms with Crippen LogP contribution in [0.4, 0.5) is 5.69 Å². The third kappa shape index (κ3) is 3.98. The number of benzene rings is 1. The van der Waals surface area contributed by atoms with Crippen LogP contribution in [0.2, 0.25) is 0 Å². The number of hydrazine groups is 1. The molecule has 0 saturated heterocycles. The Morgan fingerprint density at radius 1 is 1.15 bits per heavy atom. The Balaban J connectivity index is 1.50. The lowest BCUT2D eigenvalue weighted by atomic mass is 10.2. The number of amides is 2. The molecule has 0 atom stereocenters. The van der Waals surface area contributed by atoms with Crippen LogP contribution in [0.5, 0.6) is 0 Å². The maximum Gasteiger partial charge on any atom is 0.269 e. The molecule has 9 nitrogen and oxygen atoms in total. The van der Waals surface area contributed by atoms with Crippen LogP contribution < -0.4 is 10.9 Å². The minimum absolute atomic E-state index is 0.0640. The molecule has 0 unspecified atom stereocenters. The zero-order valence-electron chi connectivity index (χ0n) is 13.3. The van der Waals surface area contributed by atoms with Gasteiger partial charge in [-0.05, 0) is 24.3 Å². The maximum atomic E-state index is 11.9. The number of nitro groups is 1. The van der Waals surface area contributed by atoms with E-state index >= 15 is 0 Å². The minimum atomic E-state index is -0.565. The molecule has 3 aromatic rings. The second kappa shape index (κ2) is 7.66. The number of pyridine rings is 1. The molecule has 2 amide bonds. The number of carbonyl (C=O) groups is 2. The molecule has 3 rings (SSSR count). The van der Waals surface area contributed by atoms with Gasteiger partial charge in [-0.2, -0.15) is 0 Å². The summed E-state index contributed by atoms with van der Waals surface area (Å²) < 4.78 is 1.85. The average molecular weight is 371 g/mol. The summed E-state index contributed by atoms with van der Waals surface area (Å²) >= 11 is 1.23. The highest BCUT2D eigenvalue weighted by Crippen LogP contribution is 2.17. The van der Waals surface area contributed by atoms with Gasteiger partial charge in [0.25, 0.3) is 11.6 Å². The molecule has 1 aromatic carbocycles. The molecule has 26 heavy (non-hydrogen) atoms. The first-order chi connectivity index (χ1) is 12.5. The van der Waals surface area contributed by atoms with Crippen molar-refractivity contribution in [2.24, 2.45) is 0 Å². The van der Waals surface area contributed by atoms with E-state index in [2.05, 4.69) is 15.8 Å². The predicted molar refractivity (Wildman–Crippen MR) is 94.6 cm³/mol. The van der Waals surface area contributed by atoms with Gasteiger partial charge in [-0.1, -0.05) is 17.8 Å². The van der Waals surface area contributed by atoms with Crippen molar-refractivity contribution < 1.29 is 14.5 Å². The van der Waals surface area contributed by atoms with Gasteiger partial charge < -0.3 is 0 Å². The van der Waals surface area contributed by atoms with E-state index in [9.17, 15) is 19.7 Å². The Hall–Kier alpha value is -3.40. The van der Waals surface area contributed by atoms with Crippen molar-refractivity contribution in [3.63, 3.8) is 0 Å². The van der Waals surface area contributed by atoms with E-state index < -0.39 is 16.7 Å². The monoisotopic (exact) mass is 371 g/mol. The SMILES string of the molecule is O=C(CSc1ncc2ccccn12)NNC(=O)c1ccc([N+](=O)[O-])cc1. The number of nitrogens with one attached hydrogen (secondary N) is 2. The summed E-state index contributed by atoms with van der Waals surface area (Å²) in [6.07, 6.45) is 3.55. The van der Waals surface area contributed by atoms with Crippen molar-refractivity contribution in [1.82, 2.24) is 20.2 Å². The summed E-state index contributed by atoms with van der Waals surface area (Å²) in [5.74, 6) is -0.906. The summed E-state index contributed by atoms with van der Waals surface area (Å²) in [6.45, 7) is 0. The lowest BCUT2D eigenvalue weighted by Crippen LogP contribution is -2.42. The molecule has 0 spiro atoms. The average Bonchev–Trinajstić information content (AvgIpc) is 3.07. The molecule has 132 valence electrons. The number of nitro benzene ring substituents is 1. The molecule has 0 aliphatic heterocycles. The highest BCUT2D eigenvalue weighted by molar-refractivity contribution is 7.99. The number of carbonyl (C=O) groups excluding carboxylic acids is 2. The van der Waals surface area contributed by atoms with Crippen molar-refractivity contribution >= 4 is 34.8 Å². The van der Waals surface area contributed by atoms with Crippen LogP contribution in [0, 0.1) is 10.1 Å². The summed E-state index contributed by atoms with van der Waals surface area (Å²) in [6, 6.07) is 10.7. The van der Waals surface area contributed by atoms with Crippen molar-refractivity contribution in [3.8, 4) is 0 Å². The van der Waals surface area contributed by atoms with Crippen LogP contribution in [0.15, 0.2) is 60.0 Å². The smallest absolute Gasteiger partial charge is 0.269 e. The van der Waals surface area contributed by atoms with Crippen molar-refractivity contribution in [3.05, 3.63) is 70.5 Å². The number of rotatable bonds is 5. The van der Waals surface area contributed by atoms with Gasteiger partial charge in [0.05, 0.1) is 22.4 Å². The Bertz CT molecular complexity index is 970. The summed E-state index contributed by atoms with van der Waals surface area (Å²) in [5, 5.41) is 11.3. The maximum absolute atomic E-state index is 11.9. The standard InChI is InChI=1S/C16H13N5O4S/c22-14(10-26-16-17-9-13-3-1-2-8-20(13)16)18-19-15(23)11-4-6-12(7-5-11)21(24)25/h1-9H,10H2,(H,18,22)(H,19,23). The van der Waals surface area contributed by atoms with Gasteiger partial charge in [0, 0.05) is 23.9 Å². The zero-order chi connectivity index (χ0) is 18.5. The van der Waals surface area contributed by atoms with Gasteiger partial charge in [0.15, 0.2) is 5.16 Å². The van der Waals surface area contributed by atoms with Gasteiger partial charge in [-0.25, -0.2) is 4.98 Å². The number of nitrogens with zero attached hydrogens (tertiary/aromatic N) is 3. The number of hydrogen-bond acceptors (Lipinski definition) is 6. The number of thioether (sulfide) groups is 1. The highest BCUT2D eigenvalue weighted by Gasteiger charge is 2.11. The molecule has 0 radical (unpaired) electrons. The van der Waals surface area contributed by atoms with Crippen LogP contribution in [-0.4, -0.2) is 31.9 Å². The fourth-order valence-electron chi connectivity index (χ4n) is 2.13. The molecule has 0 saturated carbocycles. The number of fused-ring (bicyclic) bond motifs is 1. The lowest BCUT2D eigenvalue weighted by Gasteiger charge is -2.07. The second-order valence-electron chi connectivity index (χ2n) is 5.13. The molecular weight excluding hydrogens is 358 g/mol. The predicted octanol–water partition coefficient (Wildman–Crippen LogP) is 1.80. The number of non-ortho nitro benzene ring substituents is 1. The molecular formula is C16H13N5O4S. The first-order valence-electron chi connectivity index (χ1n) is 7.43. The van der Waals surface area contributed by atoms with Gasteiger partial charge in [0.1, 0.15) is 0 Å². The van der Waals surface area contributed by atoms with Crippen molar-refractivity contribution in [2.75, 3.05) is 5.75 Å².